The molecular formula is C11H8BrCl2N3S. The molecule has 94 valence electrons. The Labute approximate surface area is 127 Å². The molecule has 0 saturated heterocycles. The maximum absolute atomic E-state index is 6.02. The number of thioether (sulfide) groups is 1. The molecule has 0 saturated carbocycles. The van der Waals surface area contributed by atoms with Crippen molar-refractivity contribution < 1.29 is 0 Å². The fourth-order valence-electron chi connectivity index (χ4n) is 1.27. The third kappa shape index (κ3) is 3.51. The molecule has 0 spiro atoms. The second kappa shape index (κ2) is 6.10. The highest BCUT2D eigenvalue weighted by Gasteiger charge is 2.04. The van der Waals surface area contributed by atoms with E-state index in [9.17, 15) is 0 Å². The quantitative estimate of drug-likeness (QED) is 0.471. The van der Waals surface area contributed by atoms with Gasteiger partial charge < -0.3 is 5.32 Å². The largest absolute Gasteiger partial charge is 0.340 e. The van der Waals surface area contributed by atoms with E-state index in [2.05, 4.69) is 31.2 Å². The summed E-state index contributed by atoms with van der Waals surface area (Å²) in [5.74, 6) is 0.637. The summed E-state index contributed by atoms with van der Waals surface area (Å²) in [6.07, 6.45) is 1.89. The third-order valence-corrected chi connectivity index (χ3v) is 4.02. The molecule has 0 atom stereocenters. The molecule has 1 aromatic carbocycles. The zero-order valence-corrected chi connectivity index (χ0v) is 13.2. The first-order valence-corrected chi connectivity index (χ1v) is 7.66. The number of rotatable bonds is 3. The summed E-state index contributed by atoms with van der Waals surface area (Å²) < 4.78 is 0.847. The normalized spacial score (nSPS) is 10.4. The van der Waals surface area contributed by atoms with Crippen LogP contribution in [0.1, 0.15) is 0 Å². The minimum atomic E-state index is 0.403. The molecule has 0 fully saturated rings. The molecule has 0 bridgehead atoms. The Bertz CT molecular complexity index is 580. The van der Waals surface area contributed by atoms with Crippen LogP contribution in [-0.2, 0) is 0 Å². The van der Waals surface area contributed by atoms with Crippen LogP contribution in [0.4, 0.5) is 11.5 Å². The lowest BCUT2D eigenvalue weighted by molar-refractivity contribution is 0.976. The van der Waals surface area contributed by atoms with Crippen molar-refractivity contribution in [3.8, 4) is 0 Å². The van der Waals surface area contributed by atoms with Crippen molar-refractivity contribution in [2.75, 3.05) is 11.6 Å². The highest BCUT2D eigenvalue weighted by molar-refractivity contribution is 9.10. The molecule has 18 heavy (non-hydrogen) atoms. The standard InChI is InChI=1S/C11H8BrCl2N3S/c1-18-11-16-9(14)5-10(17-11)15-6-2-3-7(12)8(13)4-6/h2-5H,1H3,(H,15,16,17). The zero-order chi connectivity index (χ0) is 13.1. The van der Waals surface area contributed by atoms with Crippen molar-refractivity contribution in [3.63, 3.8) is 0 Å². The summed E-state index contributed by atoms with van der Waals surface area (Å²) in [6, 6.07) is 7.23. The molecule has 0 amide bonds. The van der Waals surface area contributed by atoms with E-state index in [1.807, 2.05) is 18.4 Å². The van der Waals surface area contributed by atoms with Gasteiger partial charge in [-0.3, -0.25) is 0 Å². The number of nitrogens with one attached hydrogen (secondary N) is 1. The van der Waals surface area contributed by atoms with E-state index in [0.717, 1.165) is 10.2 Å². The first-order valence-electron chi connectivity index (χ1n) is 4.89. The van der Waals surface area contributed by atoms with Crippen LogP contribution in [0.25, 0.3) is 0 Å². The van der Waals surface area contributed by atoms with Crippen LogP contribution in [0.3, 0.4) is 0 Å². The van der Waals surface area contributed by atoms with Gasteiger partial charge in [0.1, 0.15) is 11.0 Å². The molecule has 0 radical (unpaired) electrons. The number of nitrogens with zero attached hydrogens (tertiary/aromatic N) is 2. The molecule has 0 aliphatic carbocycles. The maximum atomic E-state index is 6.02. The highest BCUT2D eigenvalue weighted by atomic mass is 79.9. The van der Waals surface area contributed by atoms with Crippen molar-refractivity contribution in [2.24, 2.45) is 0 Å². The SMILES string of the molecule is CSc1nc(Cl)cc(Nc2ccc(Br)c(Cl)c2)n1. The summed E-state index contributed by atoms with van der Waals surface area (Å²) >= 11 is 16.7. The van der Waals surface area contributed by atoms with Crippen LogP contribution in [0.2, 0.25) is 10.2 Å². The number of hydrogen-bond donors (Lipinski definition) is 1. The smallest absolute Gasteiger partial charge is 0.190 e. The van der Waals surface area contributed by atoms with E-state index in [-0.39, 0.29) is 0 Å². The fourth-order valence-corrected chi connectivity index (χ4v) is 2.31. The van der Waals surface area contributed by atoms with Crippen molar-refractivity contribution in [3.05, 3.63) is 38.9 Å². The van der Waals surface area contributed by atoms with Gasteiger partial charge in [-0.1, -0.05) is 35.0 Å². The number of benzene rings is 1. The summed E-state index contributed by atoms with van der Waals surface area (Å²) in [5, 5.41) is 4.78. The van der Waals surface area contributed by atoms with Crippen molar-refractivity contribution in [2.45, 2.75) is 5.16 Å². The van der Waals surface area contributed by atoms with E-state index in [0.29, 0.717) is 21.2 Å². The van der Waals surface area contributed by atoms with Gasteiger partial charge in [0, 0.05) is 16.2 Å². The van der Waals surface area contributed by atoms with Gasteiger partial charge in [0.2, 0.25) is 0 Å². The van der Waals surface area contributed by atoms with Crippen LogP contribution in [0, 0.1) is 0 Å². The fraction of sp³-hybridized carbons (Fsp3) is 0.0909. The van der Waals surface area contributed by atoms with Gasteiger partial charge in [0.15, 0.2) is 5.16 Å². The van der Waals surface area contributed by atoms with Gasteiger partial charge in [0.05, 0.1) is 5.02 Å². The average Bonchev–Trinajstić information content (AvgIpc) is 2.33. The number of anilines is 2. The van der Waals surface area contributed by atoms with Crippen LogP contribution in [-0.4, -0.2) is 16.2 Å². The Balaban J connectivity index is 2.27. The Morgan fingerprint density at radius 1 is 1.22 bits per heavy atom. The Morgan fingerprint density at radius 2 is 2.00 bits per heavy atom. The third-order valence-electron chi connectivity index (χ3n) is 2.05. The first-order chi connectivity index (χ1) is 8.58. The van der Waals surface area contributed by atoms with Gasteiger partial charge in [-0.05, 0) is 40.4 Å². The Kier molecular flexibility index (Phi) is 4.72. The van der Waals surface area contributed by atoms with Gasteiger partial charge in [0.25, 0.3) is 0 Å². The molecule has 1 heterocycles. The van der Waals surface area contributed by atoms with E-state index in [1.165, 1.54) is 11.8 Å². The average molecular weight is 365 g/mol. The molecule has 0 aliphatic rings. The predicted molar refractivity (Wildman–Crippen MR) is 81.3 cm³/mol. The first kappa shape index (κ1) is 13.9. The van der Waals surface area contributed by atoms with Crippen LogP contribution >= 0.6 is 50.9 Å². The molecule has 3 nitrogen and oxygen atoms in total. The molecule has 1 aromatic heterocycles. The summed E-state index contributed by atoms with van der Waals surface area (Å²) in [4.78, 5) is 8.37. The van der Waals surface area contributed by atoms with Crippen LogP contribution in [0.15, 0.2) is 33.9 Å². The molecule has 1 N–H and O–H groups in total. The van der Waals surface area contributed by atoms with Gasteiger partial charge in [-0.2, -0.15) is 0 Å². The second-order valence-corrected chi connectivity index (χ2v) is 5.74. The molecule has 0 unspecified atom stereocenters. The van der Waals surface area contributed by atoms with E-state index >= 15 is 0 Å². The van der Waals surface area contributed by atoms with Gasteiger partial charge >= 0.3 is 0 Å². The monoisotopic (exact) mass is 363 g/mol. The lowest BCUT2D eigenvalue weighted by Crippen LogP contribution is -1.96. The summed E-state index contributed by atoms with van der Waals surface area (Å²) in [5.41, 5.74) is 0.838. The van der Waals surface area contributed by atoms with Crippen molar-refractivity contribution >= 4 is 62.4 Å². The lowest BCUT2D eigenvalue weighted by Gasteiger charge is -2.08. The Hall–Kier alpha value is -0.490. The van der Waals surface area contributed by atoms with Crippen LogP contribution < -0.4 is 5.32 Å². The summed E-state index contributed by atoms with van der Waals surface area (Å²) in [7, 11) is 0. The molecule has 7 heteroatoms. The van der Waals surface area contributed by atoms with Gasteiger partial charge in [-0.15, -0.1) is 0 Å². The number of aromatic nitrogens is 2. The minimum Gasteiger partial charge on any atom is -0.340 e. The topological polar surface area (TPSA) is 37.8 Å². The number of hydrogen-bond acceptors (Lipinski definition) is 4. The van der Waals surface area contributed by atoms with E-state index in [4.69, 9.17) is 23.2 Å². The maximum Gasteiger partial charge on any atom is 0.190 e. The number of halogens is 3. The van der Waals surface area contributed by atoms with Gasteiger partial charge in [-0.25, -0.2) is 9.97 Å². The molecule has 0 aliphatic heterocycles. The molecule has 2 rings (SSSR count). The second-order valence-electron chi connectivity index (χ2n) is 3.32. The molecule has 2 aromatic rings. The van der Waals surface area contributed by atoms with E-state index < -0.39 is 0 Å². The van der Waals surface area contributed by atoms with Crippen LogP contribution in [0.5, 0.6) is 0 Å². The zero-order valence-electron chi connectivity index (χ0n) is 9.25. The van der Waals surface area contributed by atoms with E-state index in [1.54, 1.807) is 12.1 Å². The summed E-state index contributed by atoms with van der Waals surface area (Å²) in [6.45, 7) is 0. The molecular weight excluding hydrogens is 357 g/mol. The Morgan fingerprint density at radius 3 is 2.67 bits per heavy atom. The lowest BCUT2D eigenvalue weighted by atomic mass is 10.3. The van der Waals surface area contributed by atoms with Crippen molar-refractivity contribution in [1.82, 2.24) is 9.97 Å². The predicted octanol–water partition coefficient (Wildman–Crippen LogP) is 5.01. The highest BCUT2D eigenvalue weighted by Crippen LogP contribution is 2.27. The van der Waals surface area contributed by atoms with Crippen molar-refractivity contribution in [1.29, 1.82) is 0 Å². The minimum absolute atomic E-state index is 0.403.